The van der Waals surface area contributed by atoms with Gasteiger partial charge in [0, 0.05) is 42.0 Å². The molecule has 2 aromatic heterocycles. The molecule has 0 fully saturated rings. The normalized spacial score (nSPS) is 10.7. The van der Waals surface area contributed by atoms with Gasteiger partial charge < -0.3 is 4.57 Å². The molecule has 0 bridgehead atoms. The van der Waals surface area contributed by atoms with Gasteiger partial charge in [0.25, 0.3) is 11.5 Å². The third-order valence-electron chi connectivity index (χ3n) is 3.68. The summed E-state index contributed by atoms with van der Waals surface area (Å²) in [4.78, 5) is 28.3. The van der Waals surface area contributed by atoms with Crippen LogP contribution in [-0.2, 0) is 13.0 Å². The number of hydrogen-bond acceptors (Lipinski definition) is 4. The van der Waals surface area contributed by atoms with Crippen molar-refractivity contribution in [2.75, 3.05) is 0 Å². The summed E-state index contributed by atoms with van der Waals surface area (Å²) in [5.41, 5.74) is 2.54. The molecule has 0 aliphatic heterocycles. The number of hydrogen-bond donors (Lipinski definition) is 2. The second-order valence-corrected chi connectivity index (χ2v) is 5.13. The molecule has 1 amide bonds. The predicted octanol–water partition coefficient (Wildman–Crippen LogP) is 1.76. The van der Waals surface area contributed by atoms with Crippen LogP contribution in [-0.4, -0.2) is 20.7 Å². The average molecular weight is 309 g/mol. The van der Waals surface area contributed by atoms with Crippen LogP contribution < -0.4 is 11.0 Å². The molecular weight excluding hydrogens is 294 g/mol. The van der Waals surface area contributed by atoms with E-state index in [-0.39, 0.29) is 11.1 Å². The Morgan fingerprint density at radius 1 is 1.22 bits per heavy atom. The molecule has 0 saturated carbocycles. The lowest BCUT2D eigenvalue weighted by Crippen LogP contribution is -2.22. The van der Waals surface area contributed by atoms with E-state index in [0.29, 0.717) is 18.4 Å². The Labute approximate surface area is 132 Å². The molecule has 2 heterocycles. The van der Waals surface area contributed by atoms with Crippen molar-refractivity contribution in [3.8, 4) is 0 Å². The minimum absolute atomic E-state index is 0.175. The third kappa shape index (κ3) is 3.12. The molecule has 116 valence electrons. The van der Waals surface area contributed by atoms with Gasteiger partial charge >= 0.3 is 0 Å². The topological polar surface area (TPSA) is 84.2 Å². The van der Waals surface area contributed by atoms with E-state index in [0.717, 1.165) is 11.1 Å². The number of amides is 1. The van der Waals surface area contributed by atoms with Gasteiger partial charge in [-0.05, 0) is 35.7 Å². The SMILES string of the molecule is O=C(NO)c1ccc2ccn(CCc3ccccn3)c(=O)c2c1. The van der Waals surface area contributed by atoms with Crippen LogP contribution in [0.3, 0.4) is 0 Å². The molecule has 0 unspecified atom stereocenters. The van der Waals surface area contributed by atoms with Gasteiger partial charge in [0.2, 0.25) is 0 Å². The van der Waals surface area contributed by atoms with Gasteiger partial charge in [0.05, 0.1) is 0 Å². The highest BCUT2D eigenvalue weighted by Crippen LogP contribution is 2.12. The van der Waals surface area contributed by atoms with Gasteiger partial charge in [0.1, 0.15) is 0 Å². The van der Waals surface area contributed by atoms with Crippen LogP contribution in [0.5, 0.6) is 0 Å². The molecule has 6 heteroatoms. The number of benzene rings is 1. The maximum absolute atomic E-state index is 12.6. The summed E-state index contributed by atoms with van der Waals surface area (Å²) in [6, 6.07) is 12.2. The Morgan fingerprint density at radius 3 is 2.83 bits per heavy atom. The second kappa shape index (κ2) is 6.41. The van der Waals surface area contributed by atoms with Crippen LogP contribution in [0.4, 0.5) is 0 Å². The zero-order chi connectivity index (χ0) is 16.2. The molecule has 23 heavy (non-hydrogen) atoms. The lowest BCUT2D eigenvalue weighted by atomic mass is 10.1. The fourth-order valence-electron chi connectivity index (χ4n) is 2.44. The van der Waals surface area contributed by atoms with Crippen LogP contribution in [0.1, 0.15) is 16.1 Å². The lowest BCUT2D eigenvalue weighted by molar-refractivity contribution is 0.0706. The Hall–Kier alpha value is -2.99. The second-order valence-electron chi connectivity index (χ2n) is 5.13. The molecule has 3 rings (SSSR count). The maximum atomic E-state index is 12.6. The zero-order valence-electron chi connectivity index (χ0n) is 12.3. The van der Waals surface area contributed by atoms with Crippen molar-refractivity contribution in [3.05, 3.63) is 76.5 Å². The average Bonchev–Trinajstić information content (AvgIpc) is 2.61. The molecule has 3 aromatic rings. The van der Waals surface area contributed by atoms with E-state index in [1.165, 1.54) is 6.07 Å². The Balaban J connectivity index is 1.94. The monoisotopic (exact) mass is 309 g/mol. The van der Waals surface area contributed by atoms with E-state index in [2.05, 4.69) is 4.98 Å². The highest BCUT2D eigenvalue weighted by Gasteiger charge is 2.08. The minimum Gasteiger partial charge on any atom is -0.315 e. The first kappa shape index (κ1) is 14.9. The molecule has 1 aromatic carbocycles. The molecular formula is C17H15N3O3. The first-order valence-electron chi connectivity index (χ1n) is 7.16. The fraction of sp³-hybridized carbons (Fsp3) is 0.118. The van der Waals surface area contributed by atoms with Crippen LogP contribution >= 0.6 is 0 Å². The van der Waals surface area contributed by atoms with Crippen molar-refractivity contribution in [1.82, 2.24) is 15.0 Å². The van der Waals surface area contributed by atoms with Gasteiger partial charge in [-0.15, -0.1) is 0 Å². The van der Waals surface area contributed by atoms with E-state index in [4.69, 9.17) is 5.21 Å². The van der Waals surface area contributed by atoms with Crippen molar-refractivity contribution in [1.29, 1.82) is 0 Å². The van der Waals surface area contributed by atoms with Crippen molar-refractivity contribution < 1.29 is 10.0 Å². The first-order valence-corrected chi connectivity index (χ1v) is 7.16. The minimum atomic E-state index is -0.643. The van der Waals surface area contributed by atoms with Crippen LogP contribution in [0.25, 0.3) is 10.8 Å². The molecule has 6 nitrogen and oxygen atoms in total. The summed E-state index contributed by atoms with van der Waals surface area (Å²) in [5, 5.41) is 9.89. The molecule has 0 aliphatic carbocycles. The van der Waals surface area contributed by atoms with Crippen LogP contribution in [0.2, 0.25) is 0 Å². The van der Waals surface area contributed by atoms with Crippen LogP contribution in [0, 0.1) is 0 Å². The Morgan fingerprint density at radius 2 is 2.09 bits per heavy atom. The number of carbonyl (C=O) groups is 1. The lowest BCUT2D eigenvalue weighted by Gasteiger charge is -2.08. The van der Waals surface area contributed by atoms with Gasteiger partial charge in [0.15, 0.2) is 0 Å². The third-order valence-corrected chi connectivity index (χ3v) is 3.68. The Bertz CT molecular complexity index is 904. The predicted molar refractivity (Wildman–Crippen MR) is 85.4 cm³/mol. The van der Waals surface area contributed by atoms with E-state index in [1.54, 1.807) is 34.6 Å². The number of aryl methyl sites for hydroxylation is 2. The number of rotatable bonds is 4. The van der Waals surface area contributed by atoms with E-state index in [1.807, 2.05) is 24.3 Å². The van der Waals surface area contributed by atoms with E-state index in [9.17, 15) is 9.59 Å². The van der Waals surface area contributed by atoms with Crippen molar-refractivity contribution in [3.63, 3.8) is 0 Å². The summed E-state index contributed by atoms with van der Waals surface area (Å²) in [7, 11) is 0. The molecule has 2 N–H and O–H groups in total. The van der Waals surface area contributed by atoms with Crippen molar-refractivity contribution >= 4 is 16.7 Å². The van der Waals surface area contributed by atoms with Crippen molar-refractivity contribution in [2.24, 2.45) is 0 Å². The number of hydroxylamine groups is 1. The largest absolute Gasteiger partial charge is 0.315 e. The molecule has 0 spiro atoms. The number of aromatic nitrogens is 2. The number of nitrogens with zero attached hydrogens (tertiary/aromatic N) is 2. The summed E-state index contributed by atoms with van der Waals surface area (Å²) >= 11 is 0. The smallest absolute Gasteiger partial charge is 0.274 e. The number of pyridine rings is 2. The number of fused-ring (bicyclic) bond motifs is 1. The highest BCUT2D eigenvalue weighted by molar-refractivity contribution is 5.97. The maximum Gasteiger partial charge on any atom is 0.274 e. The zero-order valence-corrected chi connectivity index (χ0v) is 12.3. The standard InChI is InChI=1S/C17H15N3O3/c21-16(19-23)13-5-4-12-6-9-20(17(22)15(12)11-13)10-7-14-3-1-2-8-18-14/h1-6,8-9,11,23H,7,10H2,(H,19,21). The molecule has 0 radical (unpaired) electrons. The fourth-order valence-corrected chi connectivity index (χ4v) is 2.44. The summed E-state index contributed by atoms with van der Waals surface area (Å²) in [6.45, 7) is 0.502. The first-order chi connectivity index (χ1) is 11.2. The highest BCUT2D eigenvalue weighted by atomic mass is 16.5. The van der Waals surface area contributed by atoms with E-state index >= 15 is 0 Å². The summed E-state index contributed by atoms with van der Waals surface area (Å²) < 4.78 is 1.59. The number of carbonyl (C=O) groups excluding carboxylic acids is 1. The van der Waals surface area contributed by atoms with E-state index < -0.39 is 5.91 Å². The molecule has 0 saturated heterocycles. The van der Waals surface area contributed by atoms with Gasteiger partial charge in [-0.2, -0.15) is 0 Å². The Kier molecular flexibility index (Phi) is 4.16. The van der Waals surface area contributed by atoms with Gasteiger partial charge in [-0.25, -0.2) is 5.48 Å². The van der Waals surface area contributed by atoms with Gasteiger partial charge in [-0.3, -0.25) is 19.8 Å². The van der Waals surface area contributed by atoms with Crippen LogP contribution in [0.15, 0.2) is 59.7 Å². The van der Waals surface area contributed by atoms with Crippen molar-refractivity contribution in [2.45, 2.75) is 13.0 Å². The van der Waals surface area contributed by atoms with Gasteiger partial charge in [-0.1, -0.05) is 12.1 Å². The molecule has 0 aliphatic rings. The summed E-state index contributed by atoms with van der Waals surface area (Å²) in [5.74, 6) is -0.643. The molecule has 0 atom stereocenters. The number of nitrogens with one attached hydrogen (secondary N) is 1. The summed E-state index contributed by atoms with van der Waals surface area (Å²) in [6.07, 6.45) is 4.10. The quantitative estimate of drug-likeness (QED) is 0.568.